The molecule has 1 nitrogen and oxygen atoms in total. The van der Waals surface area contributed by atoms with Crippen molar-refractivity contribution in [1.82, 2.24) is 0 Å². The van der Waals surface area contributed by atoms with Gasteiger partial charge >= 0.3 is 0 Å². The maximum Gasteiger partial charge on any atom is 0.0820 e. The number of anilines is 3. The molecule has 228 valence electrons. The Bertz CT molecular complexity index is 2790. The van der Waals surface area contributed by atoms with Crippen LogP contribution in [-0.2, 0) is 5.41 Å². The third-order valence-electron chi connectivity index (χ3n) is 10.8. The van der Waals surface area contributed by atoms with Crippen LogP contribution in [0.15, 0.2) is 176 Å². The van der Waals surface area contributed by atoms with Gasteiger partial charge < -0.3 is 4.90 Å². The van der Waals surface area contributed by atoms with E-state index in [4.69, 9.17) is 0 Å². The third-order valence-corrected chi connectivity index (χ3v) is 12.1. The van der Waals surface area contributed by atoms with Gasteiger partial charge in [0.15, 0.2) is 0 Å². The highest BCUT2D eigenvalue weighted by Gasteiger charge is 2.53. The number of hydrogen-bond acceptors (Lipinski definition) is 2. The number of fused-ring (bicyclic) bond motifs is 15. The standard InChI is InChI=1S/C47H29NS/c1-2-13-32(14-3-1)48(33-24-26-36-31(28-33)23-22-30-12-4-5-15-35(30)36)34-25-27-38-37-16-6-9-19-41(37)47(43(38)29-34)42-20-10-7-17-39(42)45-40-18-8-11-21-44(40)49-46(45)47/h1-29H. The van der Waals surface area contributed by atoms with Gasteiger partial charge in [-0.15, -0.1) is 11.3 Å². The number of benzene rings is 8. The number of thiophene rings is 1. The first-order valence-corrected chi connectivity index (χ1v) is 17.8. The first-order valence-electron chi connectivity index (χ1n) is 16.9. The van der Waals surface area contributed by atoms with Gasteiger partial charge in [0.2, 0.25) is 0 Å². The molecule has 0 saturated heterocycles. The summed E-state index contributed by atoms with van der Waals surface area (Å²) in [5, 5.41) is 6.42. The second-order valence-corrected chi connectivity index (χ2v) is 14.3. The molecular weight excluding hydrogens is 611 g/mol. The zero-order valence-electron chi connectivity index (χ0n) is 26.6. The quantitative estimate of drug-likeness (QED) is 0.174. The van der Waals surface area contributed by atoms with Crippen molar-refractivity contribution in [1.29, 1.82) is 0 Å². The van der Waals surface area contributed by atoms with E-state index in [9.17, 15) is 0 Å². The molecule has 49 heavy (non-hydrogen) atoms. The van der Waals surface area contributed by atoms with Gasteiger partial charge in [-0.1, -0.05) is 133 Å². The average molecular weight is 640 g/mol. The van der Waals surface area contributed by atoms with Gasteiger partial charge in [-0.2, -0.15) is 0 Å². The SMILES string of the molecule is c1ccc(N(c2ccc3c(c2)C2(c4ccccc4-3)c3ccccc3-c3c2sc2ccccc32)c2ccc3c(ccc4ccccc43)c2)cc1. The van der Waals surface area contributed by atoms with E-state index in [0.717, 1.165) is 17.1 Å². The van der Waals surface area contributed by atoms with E-state index in [-0.39, 0.29) is 5.41 Å². The Hall–Kier alpha value is -5.96. The highest BCUT2D eigenvalue weighted by Crippen LogP contribution is 2.66. The minimum absolute atomic E-state index is 0.387. The first-order chi connectivity index (χ1) is 24.3. The zero-order chi connectivity index (χ0) is 32.1. The van der Waals surface area contributed by atoms with Crippen molar-refractivity contribution in [3.63, 3.8) is 0 Å². The van der Waals surface area contributed by atoms with Crippen molar-refractivity contribution >= 4 is 60.0 Å². The predicted molar refractivity (Wildman–Crippen MR) is 208 cm³/mol. The summed E-state index contributed by atoms with van der Waals surface area (Å²) >= 11 is 1.96. The number of hydrogen-bond donors (Lipinski definition) is 0. The fourth-order valence-electron chi connectivity index (χ4n) is 8.83. The summed E-state index contributed by atoms with van der Waals surface area (Å²) in [6.45, 7) is 0. The Kier molecular flexibility index (Phi) is 5.53. The minimum Gasteiger partial charge on any atom is -0.310 e. The second-order valence-electron chi connectivity index (χ2n) is 13.2. The molecule has 0 amide bonds. The van der Waals surface area contributed by atoms with Crippen LogP contribution in [-0.4, -0.2) is 0 Å². The molecule has 1 spiro atoms. The Morgan fingerprint density at radius 3 is 1.88 bits per heavy atom. The lowest BCUT2D eigenvalue weighted by molar-refractivity contribution is 0.811. The van der Waals surface area contributed by atoms with E-state index in [2.05, 4.69) is 181 Å². The summed E-state index contributed by atoms with van der Waals surface area (Å²) < 4.78 is 1.35. The summed E-state index contributed by atoms with van der Waals surface area (Å²) in [5.74, 6) is 0. The van der Waals surface area contributed by atoms with Crippen molar-refractivity contribution in [2.24, 2.45) is 0 Å². The topological polar surface area (TPSA) is 3.24 Å². The van der Waals surface area contributed by atoms with Crippen LogP contribution in [0.5, 0.6) is 0 Å². The van der Waals surface area contributed by atoms with Crippen LogP contribution in [0.25, 0.3) is 53.9 Å². The van der Waals surface area contributed by atoms with Crippen molar-refractivity contribution < 1.29 is 0 Å². The molecule has 1 atom stereocenters. The summed E-state index contributed by atoms with van der Waals surface area (Å²) in [6, 6.07) is 65.3. The highest BCUT2D eigenvalue weighted by molar-refractivity contribution is 7.20. The van der Waals surface area contributed by atoms with Crippen molar-refractivity contribution in [2.75, 3.05) is 4.90 Å². The molecular formula is C47H29NS. The molecule has 0 saturated carbocycles. The maximum atomic E-state index is 2.49. The molecule has 2 aliphatic carbocycles. The second kappa shape index (κ2) is 10.0. The van der Waals surface area contributed by atoms with Gasteiger partial charge in [-0.05, 0) is 97.4 Å². The third kappa shape index (κ3) is 3.59. The van der Waals surface area contributed by atoms with Crippen LogP contribution >= 0.6 is 11.3 Å². The highest BCUT2D eigenvalue weighted by atomic mass is 32.1. The number of nitrogens with zero attached hydrogens (tertiary/aromatic N) is 1. The van der Waals surface area contributed by atoms with Crippen LogP contribution in [0.2, 0.25) is 0 Å². The molecule has 0 bridgehead atoms. The van der Waals surface area contributed by atoms with Gasteiger partial charge in [0.25, 0.3) is 0 Å². The van der Waals surface area contributed by atoms with E-state index in [0.29, 0.717) is 0 Å². The lowest BCUT2D eigenvalue weighted by Crippen LogP contribution is -2.25. The lowest BCUT2D eigenvalue weighted by atomic mass is 9.74. The van der Waals surface area contributed by atoms with E-state index in [1.807, 2.05) is 11.3 Å². The summed E-state index contributed by atoms with van der Waals surface area (Å²) in [6.07, 6.45) is 0. The first kappa shape index (κ1) is 27.0. The van der Waals surface area contributed by atoms with E-state index < -0.39 is 0 Å². The fourth-order valence-corrected chi connectivity index (χ4v) is 10.3. The Morgan fingerprint density at radius 2 is 1.00 bits per heavy atom. The molecule has 2 heteroatoms. The monoisotopic (exact) mass is 639 g/mol. The van der Waals surface area contributed by atoms with E-state index >= 15 is 0 Å². The Morgan fingerprint density at radius 1 is 0.388 bits per heavy atom. The maximum absolute atomic E-state index is 2.49. The zero-order valence-corrected chi connectivity index (χ0v) is 27.4. The summed E-state index contributed by atoms with van der Waals surface area (Å²) in [5.41, 5.74) is 12.6. The van der Waals surface area contributed by atoms with E-state index in [1.54, 1.807) is 0 Å². The van der Waals surface area contributed by atoms with Crippen LogP contribution < -0.4 is 4.90 Å². The molecule has 1 unspecified atom stereocenters. The minimum atomic E-state index is -0.387. The average Bonchev–Trinajstić information content (AvgIpc) is 3.79. The molecule has 0 aliphatic heterocycles. The molecule has 0 radical (unpaired) electrons. The molecule has 1 heterocycles. The molecule has 9 aromatic rings. The molecule has 8 aromatic carbocycles. The van der Waals surface area contributed by atoms with Gasteiger partial charge in [0.05, 0.1) is 5.41 Å². The van der Waals surface area contributed by atoms with Crippen LogP contribution in [0.3, 0.4) is 0 Å². The smallest absolute Gasteiger partial charge is 0.0820 e. The molecule has 11 rings (SSSR count). The normalized spacial score (nSPS) is 15.4. The molecule has 1 aromatic heterocycles. The molecule has 0 fully saturated rings. The van der Waals surface area contributed by atoms with Crippen molar-refractivity contribution in [3.05, 3.63) is 197 Å². The van der Waals surface area contributed by atoms with Crippen molar-refractivity contribution in [2.45, 2.75) is 5.41 Å². The predicted octanol–water partition coefficient (Wildman–Crippen LogP) is 13.0. The molecule has 2 aliphatic rings. The Labute approximate surface area is 289 Å². The van der Waals surface area contributed by atoms with Crippen LogP contribution in [0.4, 0.5) is 17.1 Å². The van der Waals surface area contributed by atoms with Gasteiger partial charge in [-0.3, -0.25) is 0 Å². The van der Waals surface area contributed by atoms with Gasteiger partial charge in [0.1, 0.15) is 0 Å². The molecule has 0 N–H and O–H groups in total. The largest absolute Gasteiger partial charge is 0.310 e. The summed E-state index contributed by atoms with van der Waals surface area (Å²) in [4.78, 5) is 3.86. The Balaban J connectivity index is 1.19. The van der Waals surface area contributed by atoms with Crippen molar-refractivity contribution in [3.8, 4) is 22.3 Å². The fraction of sp³-hybridized carbons (Fsp3) is 0.0213. The van der Waals surface area contributed by atoms with Gasteiger partial charge in [-0.25, -0.2) is 0 Å². The summed E-state index contributed by atoms with van der Waals surface area (Å²) in [7, 11) is 0. The number of para-hydroxylation sites is 1. The van der Waals surface area contributed by atoms with Crippen LogP contribution in [0, 0.1) is 0 Å². The lowest BCUT2D eigenvalue weighted by Gasteiger charge is -2.31. The van der Waals surface area contributed by atoms with Crippen LogP contribution in [0.1, 0.15) is 21.6 Å². The number of rotatable bonds is 3. The van der Waals surface area contributed by atoms with Gasteiger partial charge in [0, 0.05) is 37.6 Å². The van der Waals surface area contributed by atoms with E-state index in [1.165, 1.54) is 75.5 Å².